The van der Waals surface area contributed by atoms with Crippen LogP contribution in [0.1, 0.15) is 38.5 Å². The van der Waals surface area contributed by atoms with Crippen molar-refractivity contribution in [3.8, 4) is 0 Å². The summed E-state index contributed by atoms with van der Waals surface area (Å²) in [6, 6.07) is 1.34. The van der Waals surface area contributed by atoms with Gasteiger partial charge < -0.3 is 5.11 Å². The van der Waals surface area contributed by atoms with Crippen LogP contribution in [0.2, 0.25) is 0 Å². The predicted octanol–water partition coefficient (Wildman–Crippen LogP) is 1.63. The molecule has 3 rings (SSSR count). The summed E-state index contributed by atoms with van der Waals surface area (Å²) in [5.41, 5.74) is 0. The molecule has 0 aromatic carbocycles. The molecule has 2 aliphatic carbocycles. The van der Waals surface area contributed by atoms with Crippen LogP contribution in [0.3, 0.4) is 0 Å². The zero-order valence-electron chi connectivity index (χ0n) is 8.86. The molecule has 1 heterocycles. The van der Waals surface area contributed by atoms with Crippen molar-refractivity contribution in [3.05, 3.63) is 0 Å². The number of aliphatic hydroxyl groups is 1. The number of aliphatic hydroxyl groups excluding tert-OH is 1. The lowest BCUT2D eigenvalue weighted by atomic mass is 9.98. The number of likely N-dealkylation sites (tertiary alicyclic amines) is 1. The first-order valence-electron chi connectivity index (χ1n) is 6.27. The third kappa shape index (κ3) is 1.40. The quantitative estimate of drug-likeness (QED) is 0.724. The van der Waals surface area contributed by atoms with E-state index in [9.17, 15) is 5.11 Å². The van der Waals surface area contributed by atoms with Crippen LogP contribution in [-0.4, -0.2) is 35.2 Å². The molecule has 1 N–H and O–H groups in total. The minimum Gasteiger partial charge on any atom is -0.395 e. The first-order chi connectivity index (χ1) is 6.90. The van der Waals surface area contributed by atoms with Crippen molar-refractivity contribution in [1.29, 1.82) is 0 Å². The van der Waals surface area contributed by atoms with Gasteiger partial charge >= 0.3 is 0 Å². The number of hydrogen-bond donors (Lipinski definition) is 1. The smallest absolute Gasteiger partial charge is 0.0586 e. The zero-order valence-corrected chi connectivity index (χ0v) is 8.86. The lowest BCUT2D eigenvalue weighted by Gasteiger charge is -2.39. The van der Waals surface area contributed by atoms with Gasteiger partial charge in [0.2, 0.25) is 0 Å². The summed E-state index contributed by atoms with van der Waals surface area (Å²) in [4.78, 5) is 2.64. The van der Waals surface area contributed by atoms with Gasteiger partial charge in [0.25, 0.3) is 0 Å². The summed E-state index contributed by atoms with van der Waals surface area (Å²) >= 11 is 0. The Morgan fingerprint density at radius 1 is 1.14 bits per heavy atom. The topological polar surface area (TPSA) is 23.5 Å². The predicted molar refractivity (Wildman–Crippen MR) is 56.0 cm³/mol. The van der Waals surface area contributed by atoms with Crippen LogP contribution in [0, 0.1) is 11.8 Å². The molecular formula is C12H21NO. The van der Waals surface area contributed by atoms with E-state index in [1.54, 1.807) is 0 Å². The van der Waals surface area contributed by atoms with E-state index < -0.39 is 0 Å². The van der Waals surface area contributed by atoms with Crippen molar-refractivity contribution in [1.82, 2.24) is 4.90 Å². The fraction of sp³-hybridized carbons (Fsp3) is 1.00. The molecule has 3 aliphatic rings. The molecule has 1 aliphatic heterocycles. The first-order valence-corrected chi connectivity index (χ1v) is 6.27. The SMILES string of the molecule is OCC1CCCCN1C1CCC2CC21. The Balaban J connectivity index is 1.68. The number of rotatable bonds is 2. The first kappa shape index (κ1) is 9.17. The highest BCUT2D eigenvalue weighted by Crippen LogP contribution is 2.54. The standard InChI is InChI=1S/C12H21NO/c14-8-10-3-1-2-6-13(10)12-5-4-9-7-11(9)12/h9-12,14H,1-8H2. The summed E-state index contributed by atoms with van der Waals surface area (Å²) in [6.45, 7) is 1.63. The second kappa shape index (κ2) is 3.49. The van der Waals surface area contributed by atoms with Crippen LogP contribution in [0.25, 0.3) is 0 Å². The maximum absolute atomic E-state index is 9.38. The monoisotopic (exact) mass is 195 g/mol. The van der Waals surface area contributed by atoms with Gasteiger partial charge in [-0.1, -0.05) is 6.42 Å². The number of piperidine rings is 1. The Morgan fingerprint density at radius 3 is 2.71 bits per heavy atom. The van der Waals surface area contributed by atoms with E-state index in [-0.39, 0.29) is 0 Å². The van der Waals surface area contributed by atoms with Gasteiger partial charge in [-0.2, -0.15) is 0 Å². The maximum atomic E-state index is 9.38. The molecule has 14 heavy (non-hydrogen) atoms. The Labute approximate surface area is 86.3 Å². The van der Waals surface area contributed by atoms with E-state index >= 15 is 0 Å². The lowest BCUT2D eigenvalue weighted by Crippen LogP contribution is -2.48. The molecule has 2 heteroatoms. The third-order valence-electron chi connectivity index (χ3n) is 4.61. The molecule has 0 radical (unpaired) electrons. The normalized spacial score (nSPS) is 47.8. The molecule has 1 saturated heterocycles. The van der Waals surface area contributed by atoms with Gasteiger partial charge in [-0.15, -0.1) is 0 Å². The van der Waals surface area contributed by atoms with E-state index in [1.807, 2.05) is 0 Å². The van der Waals surface area contributed by atoms with Gasteiger partial charge in [-0.25, -0.2) is 0 Å². The molecule has 0 aromatic rings. The van der Waals surface area contributed by atoms with Crippen molar-refractivity contribution in [3.63, 3.8) is 0 Å². The maximum Gasteiger partial charge on any atom is 0.0586 e. The van der Waals surface area contributed by atoms with E-state index in [2.05, 4.69) is 4.90 Å². The van der Waals surface area contributed by atoms with E-state index in [1.165, 1.54) is 45.1 Å². The number of nitrogens with zero attached hydrogens (tertiary/aromatic N) is 1. The van der Waals surface area contributed by atoms with Gasteiger partial charge in [-0.05, 0) is 50.5 Å². The Bertz CT molecular complexity index is 218. The van der Waals surface area contributed by atoms with E-state index in [0.717, 1.165) is 17.9 Å². The summed E-state index contributed by atoms with van der Waals surface area (Å²) in [7, 11) is 0. The van der Waals surface area contributed by atoms with Crippen LogP contribution >= 0.6 is 0 Å². The second-order valence-corrected chi connectivity index (χ2v) is 5.37. The van der Waals surface area contributed by atoms with E-state index in [4.69, 9.17) is 0 Å². The summed E-state index contributed by atoms with van der Waals surface area (Å²) < 4.78 is 0. The van der Waals surface area contributed by atoms with Gasteiger partial charge in [0.15, 0.2) is 0 Å². The molecule has 0 amide bonds. The van der Waals surface area contributed by atoms with Crippen molar-refractivity contribution in [2.24, 2.45) is 11.8 Å². The molecule has 0 spiro atoms. The molecular weight excluding hydrogens is 174 g/mol. The van der Waals surface area contributed by atoms with Gasteiger partial charge in [0.1, 0.15) is 0 Å². The molecule has 2 nitrogen and oxygen atoms in total. The van der Waals surface area contributed by atoms with Crippen molar-refractivity contribution >= 4 is 0 Å². The molecule has 80 valence electrons. The second-order valence-electron chi connectivity index (χ2n) is 5.37. The Hall–Kier alpha value is -0.0800. The summed E-state index contributed by atoms with van der Waals surface area (Å²) in [5.74, 6) is 2.09. The molecule has 2 saturated carbocycles. The average Bonchev–Trinajstić information content (AvgIpc) is 2.91. The van der Waals surface area contributed by atoms with Crippen molar-refractivity contribution in [2.75, 3.05) is 13.2 Å². The number of hydrogen-bond acceptors (Lipinski definition) is 2. The van der Waals surface area contributed by atoms with Crippen molar-refractivity contribution < 1.29 is 5.11 Å². The van der Waals surface area contributed by atoms with Crippen molar-refractivity contribution in [2.45, 2.75) is 50.6 Å². The zero-order chi connectivity index (χ0) is 9.54. The fourth-order valence-corrected chi connectivity index (χ4v) is 3.74. The molecule has 3 fully saturated rings. The minimum atomic E-state index is 0.383. The average molecular weight is 195 g/mol. The van der Waals surface area contributed by atoms with Crippen LogP contribution in [0.5, 0.6) is 0 Å². The largest absolute Gasteiger partial charge is 0.395 e. The Kier molecular flexibility index (Phi) is 2.29. The summed E-state index contributed by atoms with van der Waals surface area (Å²) in [5, 5.41) is 9.38. The highest BCUT2D eigenvalue weighted by Gasteiger charge is 2.51. The van der Waals surface area contributed by atoms with E-state index in [0.29, 0.717) is 12.6 Å². The molecule has 0 aromatic heterocycles. The highest BCUT2D eigenvalue weighted by atomic mass is 16.3. The van der Waals surface area contributed by atoms with Gasteiger partial charge in [-0.3, -0.25) is 4.90 Å². The van der Waals surface area contributed by atoms with Crippen LogP contribution < -0.4 is 0 Å². The Morgan fingerprint density at radius 2 is 2.07 bits per heavy atom. The molecule has 4 atom stereocenters. The van der Waals surface area contributed by atoms with Crippen LogP contribution in [-0.2, 0) is 0 Å². The summed E-state index contributed by atoms with van der Waals surface area (Å²) in [6.07, 6.45) is 8.26. The van der Waals surface area contributed by atoms with Crippen LogP contribution in [0.4, 0.5) is 0 Å². The molecule has 0 bridgehead atoms. The number of fused-ring (bicyclic) bond motifs is 1. The van der Waals surface area contributed by atoms with Gasteiger partial charge in [0.05, 0.1) is 6.61 Å². The van der Waals surface area contributed by atoms with Gasteiger partial charge in [0, 0.05) is 12.1 Å². The third-order valence-corrected chi connectivity index (χ3v) is 4.61. The highest BCUT2D eigenvalue weighted by molar-refractivity contribution is 5.03. The fourth-order valence-electron chi connectivity index (χ4n) is 3.74. The van der Waals surface area contributed by atoms with Crippen LogP contribution in [0.15, 0.2) is 0 Å². The molecule has 4 unspecified atom stereocenters. The lowest BCUT2D eigenvalue weighted by molar-refractivity contribution is 0.0472. The minimum absolute atomic E-state index is 0.383.